The molecule has 2 aromatic carbocycles. The minimum absolute atomic E-state index is 0.238. The molecule has 1 heterocycles. The number of nitrogens with zero attached hydrogens (tertiary/aromatic N) is 1. The van der Waals surface area contributed by atoms with Crippen LogP contribution in [0.25, 0.3) is 6.08 Å². The summed E-state index contributed by atoms with van der Waals surface area (Å²) in [6.07, 6.45) is 3.69. The Hall–Kier alpha value is -1.92. The van der Waals surface area contributed by atoms with E-state index in [0.717, 1.165) is 14.7 Å². The van der Waals surface area contributed by atoms with Crippen molar-refractivity contribution in [2.75, 3.05) is 0 Å². The fourth-order valence-electron chi connectivity index (χ4n) is 2.26. The summed E-state index contributed by atoms with van der Waals surface area (Å²) >= 11 is 8.35. The average Bonchev–Trinajstić information content (AvgIpc) is 2.91. The predicted octanol–water partition coefficient (Wildman–Crippen LogP) is 5.24. The Morgan fingerprint density at radius 3 is 2.71 bits per heavy atom. The molecule has 0 aromatic heterocycles. The van der Waals surface area contributed by atoms with Crippen LogP contribution in [0.15, 0.2) is 70.9 Å². The molecule has 0 fully saturated rings. The third kappa shape index (κ3) is 3.94. The highest BCUT2D eigenvalue weighted by Gasteiger charge is 2.25. The van der Waals surface area contributed by atoms with Crippen molar-refractivity contribution in [1.29, 1.82) is 0 Å². The van der Waals surface area contributed by atoms with Crippen molar-refractivity contribution >= 4 is 52.1 Å². The molecular formula is C19H13ClINO2. The summed E-state index contributed by atoms with van der Waals surface area (Å²) in [5, 5.41) is 0.500. The van der Waals surface area contributed by atoms with Crippen molar-refractivity contribution in [3.8, 4) is 0 Å². The van der Waals surface area contributed by atoms with Gasteiger partial charge in [-0.25, -0.2) is 9.79 Å². The first-order valence-electron chi connectivity index (χ1n) is 7.24. The number of hydrogen-bond acceptors (Lipinski definition) is 3. The van der Waals surface area contributed by atoms with Crippen molar-refractivity contribution < 1.29 is 9.53 Å². The van der Waals surface area contributed by atoms with Gasteiger partial charge in [-0.1, -0.05) is 48.0 Å². The molecule has 0 spiro atoms. The summed E-state index contributed by atoms with van der Waals surface area (Å²) in [5.74, 6) is -0.233. The number of cyclic esters (lactones) is 1. The molecule has 24 heavy (non-hydrogen) atoms. The fourth-order valence-corrected chi connectivity index (χ4v) is 2.94. The molecule has 1 aliphatic heterocycles. The lowest BCUT2D eigenvalue weighted by molar-refractivity contribution is -0.130. The molecule has 0 amide bonds. The van der Waals surface area contributed by atoms with Gasteiger partial charge < -0.3 is 4.74 Å². The van der Waals surface area contributed by atoms with E-state index >= 15 is 0 Å². The van der Waals surface area contributed by atoms with Gasteiger partial charge in [-0.2, -0.15) is 0 Å². The highest BCUT2D eigenvalue weighted by atomic mass is 127. The van der Waals surface area contributed by atoms with E-state index in [9.17, 15) is 4.79 Å². The molecule has 5 heteroatoms. The summed E-state index contributed by atoms with van der Waals surface area (Å²) in [7, 11) is 0. The average molecular weight is 450 g/mol. The number of ether oxygens (including phenoxy) is 1. The third-order valence-corrected chi connectivity index (χ3v) is 4.34. The van der Waals surface area contributed by atoms with Crippen LogP contribution in [-0.2, 0) is 9.53 Å². The number of aliphatic imine (C=N–C) groups is 1. The lowest BCUT2D eigenvalue weighted by atomic mass is 10.1. The standard InChI is InChI=1S/C19H13ClINO2/c1-12(9-13-5-3-2-4-6-13)10-17-19(23)24-18(22-17)15-11-14(21)7-8-16(15)20/h2-11H,1H3/b12-9+,17-10-. The molecule has 2 aromatic rings. The van der Waals surface area contributed by atoms with Crippen molar-refractivity contribution in [3.05, 3.63) is 85.6 Å². The van der Waals surface area contributed by atoms with Crippen molar-refractivity contribution in [3.63, 3.8) is 0 Å². The Kier molecular flexibility index (Phi) is 5.16. The second kappa shape index (κ2) is 7.32. The number of benzene rings is 2. The Balaban J connectivity index is 1.91. The number of allylic oxidation sites excluding steroid dienone is 2. The minimum atomic E-state index is -0.472. The van der Waals surface area contributed by atoms with E-state index in [-0.39, 0.29) is 11.6 Å². The number of hydrogen-bond donors (Lipinski definition) is 0. The van der Waals surface area contributed by atoms with Gasteiger partial charge in [-0.3, -0.25) is 0 Å². The van der Waals surface area contributed by atoms with Crippen molar-refractivity contribution in [1.82, 2.24) is 0 Å². The van der Waals surface area contributed by atoms with Gasteiger partial charge in [0, 0.05) is 3.57 Å². The van der Waals surface area contributed by atoms with Gasteiger partial charge in [-0.15, -0.1) is 0 Å². The number of carbonyl (C=O) groups is 1. The summed E-state index contributed by atoms with van der Waals surface area (Å²) < 4.78 is 6.26. The number of carbonyl (C=O) groups excluding carboxylic acids is 1. The number of halogens is 2. The molecule has 0 aliphatic carbocycles. The molecule has 0 N–H and O–H groups in total. The summed E-state index contributed by atoms with van der Waals surface area (Å²) in [4.78, 5) is 16.4. The van der Waals surface area contributed by atoms with E-state index in [1.54, 1.807) is 12.1 Å². The van der Waals surface area contributed by atoms with Gasteiger partial charge in [-0.05, 0) is 64.9 Å². The quantitative estimate of drug-likeness (QED) is 0.365. The highest BCUT2D eigenvalue weighted by Crippen LogP contribution is 2.25. The van der Waals surface area contributed by atoms with Gasteiger partial charge in [0.05, 0.1) is 10.6 Å². The second-order valence-corrected chi connectivity index (χ2v) is 6.91. The second-order valence-electron chi connectivity index (χ2n) is 5.26. The number of esters is 1. The first-order chi connectivity index (χ1) is 11.5. The lowest BCUT2D eigenvalue weighted by Crippen LogP contribution is -2.06. The summed E-state index contributed by atoms with van der Waals surface area (Å²) in [5.41, 5.74) is 2.85. The molecule has 120 valence electrons. The zero-order chi connectivity index (χ0) is 17.1. The first-order valence-corrected chi connectivity index (χ1v) is 8.70. The SMILES string of the molecule is CC(/C=C1\N=C(c2cc(I)ccc2Cl)OC1=O)=C\c1ccccc1. The predicted molar refractivity (Wildman–Crippen MR) is 105 cm³/mol. The molecule has 0 unspecified atom stereocenters. The minimum Gasteiger partial charge on any atom is -0.402 e. The van der Waals surface area contributed by atoms with Gasteiger partial charge in [0.15, 0.2) is 5.70 Å². The van der Waals surface area contributed by atoms with Crippen molar-refractivity contribution in [2.24, 2.45) is 4.99 Å². The highest BCUT2D eigenvalue weighted by molar-refractivity contribution is 14.1. The topological polar surface area (TPSA) is 38.7 Å². The molecule has 0 saturated heterocycles. The maximum Gasteiger partial charge on any atom is 0.363 e. The van der Waals surface area contributed by atoms with E-state index in [4.69, 9.17) is 16.3 Å². The first kappa shape index (κ1) is 16.9. The fraction of sp³-hybridized carbons (Fsp3) is 0.0526. The number of rotatable bonds is 3. The Morgan fingerprint density at radius 1 is 1.21 bits per heavy atom. The van der Waals surface area contributed by atoms with Crippen LogP contribution >= 0.6 is 34.2 Å². The van der Waals surface area contributed by atoms with E-state index < -0.39 is 5.97 Å². The van der Waals surface area contributed by atoms with Crippen LogP contribution in [-0.4, -0.2) is 11.9 Å². The molecular weight excluding hydrogens is 437 g/mol. The lowest BCUT2D eigenvalue weighted by Gasteiger charge is -2.02. The van der Waals surface area contributed by atoms with Crippen LogP contribution < -0.4 is 0 Å². The molecule has 0 saturated carbocycles. The molecule has 3 rings (SSSR count). The molecule has 3 nitrogen and oxygen atoms in total. The zero-order valence-electron chi connectivity index (χ0n) is 12.8. The van der Waals surface area contributed by atoms with Gasteiger partial charge in [0.1, 0.15) is 0 Å². The van der Waals surface area contributed by atoms with Gasteiger partial charge >= 0.3 is 5.97 Å². The maximum absolute atomic E-state index is 12.1. The van der Waals surface area contributed by atoms with Crippen molar-refractivity contribution in [2.45, 2.75) is 6.92 Å². The van der Waals surface area contributed by atoms with Crippen LogP contribution in [0.2, 0.25) is 5.02 Å². The largest absolute Gasteiger partial charge is 0.402 e. The monoisotopic (exact) mass is 449 g/mol. The van der Waals surface area contributed by atoms with Crippen LogP contribution in [0, 0.1) is 3.57 Å². The Labute approximate surface area is 158 Å². The van der Waals surface area contributed by atoms with Crippen LogP contribution in [0.3, 0.4) is 0 Å². The molecule has 0 radical (unpaired) electrons. The molecule has 1 aliphatic rings. The summed E-state index contributed by atoms with van der Waals surface area (Å²) in [6, 6.07) is 15.4. The van der Waals surface area contributed by atoms with E-state index in [1.807, 2.05) is 55.5 Å². The molecule has 0 bridgehead atoms. The van der Waals surface area contributed by atoms with Gasteiger partial charge in [0.25, 0.3) is 0 Å². The Morgan fingerprint density at radius 2 is 1.96 bits per heavy atom. The normalized spacial score (nSPS) is 16.3. The van der Waals surface area contributed by atoms with Crippen LogP contribution in [0.5, 0.6) is 0 Å². The Bertz CT molecular complexity index is 885. The smallest absolute Gasteiger partial charge is 0.363 e. The zero-order valence-corrected chi connectivity index (χ0v) is 15.7. The van der Waals surface area contributed by atoms with E-state index in [0.29, 0.717) is 10.6 Å². The van der Waals surface area contributed by atoms with Gasteiger partial charge in [0.2, 0.25) is 5.90 Å². The third-order valence-electron chi connectivity index (χ3n) is 3.34. The summed E-state index contributed by atoms with van der Waals surface area (Å²) in [6.45, 7) is 1.92. The maximum atomic E-state index is 12.1. The van der Waals surface area contributed by atoms with E-state index in [1.165, 1.54) is 0 Å². The van der Waals surface area contributed by atoms with Crippen LogP contribution in [0.4, 0.5) is 0 Å². The molecule has 0 atom stereocenters. The van der Waals surface area contributed by atoms with Crippen LogP contribution in [0.1, 0.15) is 18.1 Å². The van der Waals surface area contributed by atoms with E-state index in [2.05, 4.69) is 27.6 Å².